The molecule has 4 rings (SSSR count). The Morgan fingerprint density at radius 2 is 1.56 bits per heavy atom. The molecule has 1 aliphatic rings. The molecule has 3 aromatic rings. The van der Waals surface area contributed by atoms with Crippen LogP contribution in [0.15, 0.2) is 97.6 Å². The molecular formula is C27H21N3O2. The smallest absolute Gasteiger partial charge is 0.415 e. The number of carbonyl (C=O) groups excluding carboxylic acids is 1. The van der Waals surface area contributed by atoms with Gasteiger partial charge in [-0.3, -0.25) is 4.90 Å². The summed E-state index contributed by atoms with van der Waals surface area (Å²) in [4.78, 5) is 14.9. The summed E-state index contributed by atoms with van der Waals surface area (Å²) in [5.41, 5.74) is 1.23. The molecule has 0 bridgehead atoms. The molecule has 0 radical (unpaired) electrons. The molecule has 1 heterocycles. The lowest BCUT2D eigenvalue weighted by Crippen LogP contribution is -2.50. The van der Waals surface area contributed by atoms with E-state index in [9.17, 15) is 15.3 Å². The fourth-order valence-electron chi connectivity index (χ4n) is 4.37. The van der Waals surface area contributed by atoms with Gasteiger partial charge in [-0.15, -0.1) is 6.58 Å². The highest BCUT2D eigenvalue weighted by Crippen LogP contribution is 2.56. The molecule has 0 N–H and O–H groups in total. The van der Waals surface area contributed by atoms with Crippen LogP contribution in [0.3, 0.4) is 0 Å². The predicted octanol–water partition coefficient (Wildman–Crippen LogP) is 5.89. The van der Waals surface area contributed by atoms with Gasteiger partial charge in [0.05, 0.1) is 23.9 Å². The second-order valence-corrected chi connectivity index (χ2v) is 7.59. The summed E-state index contributed by atoms with van der Waals surface area (Å²) in [6, 6.07) is 29.4. The maximum absolute atomic E-state index is 13.5. The third-order valence-corrected chi connectivity index (χ3v) is 5.83. The summed E-state index contributed by atoms with van der Waals surface area (Å²) in [5.74, 6) is -0.586. The quantitative estimate of drug-likeness (QED) is 0.494. The van der Waals surface area contributed by atoms with E-state index in [1.54, 1.807) is 6.08 Å². The molecule has 0 saturated carbocycles. The predicted molar refractivity (Wildman–Crippen MR) is 121 cm³/mol. The second kappa shape index (κ2) is 8.79. The van der Waals surface area contributed by atoms with Gasteiger partial charge in [0.25, 0.3) is 0 Å². The van der Waals surface area contributed by atoms with E-state index < -0.39 is 23.5 Å². The van der Waals surface area contributed by atoms with Gasteiger partial charge < -0.3 is 4.74 Å². The standard InChI is InChI=1S/C27H21N3O2/c1-2-23-22-15-9-10-16-24(22)30(26(31)32-17-20-11-5-3-6-12-20)25(27(23,18-28)19-29)21-13-7-4-8-14-21/h2-16,23,25H,1,17H2/t23-,25-/m1/s1. The summed E-state index contributed by atoms with van der Waals surface area (Å²) < 4.78 is 5.67. The number of nitrogens with zero attached hydrogens (tertiary/aromatic N) is 3. The first-order valence-electron chi connectivity index (χ1n) is 10.2. The van der Waals surface area contributed by atoms with Crippen molar-refractivity contribution in [2.75, 3.05) is 4.90 Å². The Labute approximate surface area is 187 Å². The van der Waals surface area contributed by atoms with Crippen LogP contribution >= 0.6 is 0 Å². The van der Waals surface area contributed by atoms with Crippen LogP contribution in [0.25, 0.3) is 0 Å². The average Bonchev–Trinajstić information content (AvgIpc) is 2.86. The number of anilines is 1. The van der Waals surface area contributed by atoms with Gasteiger partial charge in [0.1, 0.15) is 6.61 Å². The van der Waals surface area contributed by atoms with Gasteiger partial charge in [-0.1, -0.05) is 84.9 Å². The van der Waals surface area contributed by atoms with Crippen LogP contribution in [0.1, 0.15) is 28.7 Å². The number of hydrogen-bond donors (Lipinski definition) is 0. The third kappa shape index (κ3) is 3.41. The number of benzene rings is 3. The van der Waals surface area contributed by atoms with Crippen molar-refractivity contribution in [1.82, 2.24) is 0 Å². The van der Waals surface area contributed by atoms with Gasteiger partial charge in [0, 0.05) is 5.92 Å². The average molecular weight is 419 g/mol. The summed E-state index contributed by atoms with van der Waals surface area (Å²) in [7, 11) is 0. The molecule has 3 aromatic carbocycles. The highest BCUT2D eigenvalue weighted by Gasteiger charge is 2.56. The number of fused-ring (bicyclic) bond motifs is 1. The van der Waals surface area contributed by atoms with E-state index in [2.05, 4.69) is 18.7 Å². The van der Waals surface area contributed by atoms with Crippen molar-refractivity contribution >= 4 is 11.8 Å². The monoisotopic (exact) mass is 419 g/mol. The number of allylic oxidation sites excluding steroid dienone is 1. The van der Waals surface area contributed by atoms with Crippen LogP contribution in [-0.2, 0) is 11.3 Å². The molecule has 2 atom stereocenters. The minimum Gasteiger partial charge on any atom is -0.444 e. The zero-order valence-corrected chi connectivity index (χ0v) is 17.4. The molecular weight excluding hydrogens is 398 g/mol. The summed E-state index contributed by atoms with van der Waals surface area (Å²) in [6.07, 6.45) is 1.00. The molecule has 1 aliphatic heterocycles. The Bertz CT molecular complexity index is 1190. The Balaban J connectivity index is 1.87. The van der Waals surface area contributed by atoms with Crippen LogP contribution in [0.4, 0.5) is 10.5 Å². The first-order valence-corrected chi connectivity index (χ1v) is 10.2. The molecule has 0 aromatic heterocycles. The fourth-order valence-corrected chi connectivity index (χ4v) is 4.37. The first-order chi connectivity index (χ1) is 15.7. The number of para-hydroxylation sites is 1. The molecule has 0 fully saturated rings. The molecule has 1 amide bonds. The highest BCUT2D eigenvalue weighted by molar-refractivity contribution is 5.92. The Hall–Kier alpha value is -4.35. The lowest BCUT2D eigenvalue weighted by Gasteiger charge is -2.46. The van der Waals surface area contributed by atoms with Crippen molar-refractivity contribution in [3.05, 3.63) is 114 Å². The van der Waals surface area contributed by atoms with Gasteiger partial charge in [-0.2, -0.15) is 10.5 Å². The third-order valence-electron chi connectivity index (χ3n) is 5.83. The molecule has 0 spiro atoms. The number of carbonyl (C=O) groups is 1. The SMILES string of the molecule is C=C[C@@H]1c2ccccc2N(C(=O)OCc2ccccc2)[C@H](c2ccccc2)C1(C#N)C#N. The van der Waals surface area contributed by atoms with E-state index in [0.29, 0.717) is 16.8 Å². The Morgan fingerprint density at radius 1 is 0.969 bits per heavy atom. The summed E-state index contributed by atoms with van der Waals surface area (Å²) in [6.45, 7) is 3.99. The summed E-state index contributed by atoms with van der Waals surface area (Å²) in [5, 5.41) is 20.6. The van der Waals surface area contributed by atoms with Crippen molar-refractivity contribution in [3.8, 4) is 12.1 Å². The van der Waals surface area contributed by atoms with Crippen molar-refractivity contribution in [2.45, 2.75) is 18.6 Å². The van der Waals surface area contributed by atoms with Crippen LogP contribution in [0, 0.1) is 28.1 Å². The van der Waals surface area contributed by atoms with E-state index >= 15 is 0 Å². The number of hydrogen-bond acceptors (Lipinski definition) is 4. The summed E-state index contributed by atoms with van der Waals surface area (Å²) >= 11 is 0. The van der Waals surface area contributed by atoms with E-state index in [4.69, 9.17) is 4.74 Å². The van der Waals surface area contributed by atoms with Gasteiger partial charge in [0.15, 0.2) is 5.41 Å². The normalized spacial score (nSPS) is 18.5. The van der Waals surface area contributed by atoms with Crippen molar-refractivity contribution < 1.29 is 9.53 Å². The fraction of sp³-hybridized carbons (Fsp3) is 0.148. The van der Waals surface area contributed by atoms with Crippen LogP contribution in [0.5, 0.6) is 0 Å². The zero-order valence-electron chi connectivity index (χ0n) is 17.4. The number of ether oxygens (including phenoxy) is 1. The molecule has 5 heteroatoms. The molecule has 32 heavy (non-hydrogen) atoms. The zero-order chi connectivity index (χ0) is 22.6. The van der Waals surface area contributed by atoms with Crippen LogP contribution < -0.4 is 4.90 Å². The van der Waals surface area contributed by atoms with Gasteiger partial charge in [-0.25, -0.2) is 4.79 Å². The molecule has 5 nitrogen and oxygen atoms in total. The Kier molecular flexibility index (Phi) is 5.75. The van der Waals surface area contributed by atoms with Gasteiger partial charge >= 0.3 is 6.09 Å². The lowest BCUT2D eigenvalue weighted by molar-refractivity contribution is 0.139. The van der Waals surface area contributed by atoms with E-state index in [1.807, 2.05) is 84.9 Å². The van der Waals surface area contributed by atoms with Crippen LogP contribution in [0.2, 0.25) is 0 Å². The number of rotatable bonds is 4. The largest absolute Gasteiger partial charge is 0.444 e. The Morgan fingerprint density at radius 3 is 2.19 bits per heavy atom. The van der Waals surface area contributed by atoms with E-state index in [0.717, 1.165) is 5.56 Å². The van der Waals surface area contributed by atoms with E-state index in [1.165, 1.54) is 4.90 Å². The first kappa shape index (κ1) is 20.9. The molecule has 0 unspecified atom stereocenters. The second-order valence-electron chi connectivity index (χ2n) is 7.59. The van der Waals surface area contributed by atoms with E-state index in [-0.39, 0.29) is 6.61 Å². The maximum atomic E-state index is 13.5. The van der Waals surface area contributed by atoms with Crippen molar-refractivity contribution in [2.24, 2.45) is 5.41 Å². The minimum absolute atomic E-state index is 0.0802. The van der Waals surface area contributed by atoms with Crippen LogP contribution in [-0.4, -0.2) is 6.09 Å². The minimum atomic E-state index is -1.58. The number of amides is 1. The maximum Gasteiger partial charge on any atom is 0.415 e. The number of nitriles is 2. The van der Waals surface area contributed by atoms with Gasteiger partial charge in [0.2, 0.25) is 0 Å². The van der Waals surface area contributed by atoms with Crippen molar-refractivity contribution in [3.63, 3.8) is 0 Å². The van der Waals surface area contributed by atoms with Gasteiger partial charge in [-0.05, 0) is 22.8 Å². The lowest BCUT2D eigenvalue weighted by atomic mass is 9.64. The topological polar surface area (TPSA) is 77.1 Å². The molecule has 156 valence electrons. The highest BCUT2D eigenvalue weighted by atomic mass is 16.6. The molecule has 0 aliphatic carbocycles. The van der Waals surface area contributed by atoms with Crippen molar-refractivity contribution in [1.29, 1.82) is 10.5 Å². The molecule has 0 saturated heterocycles.